The molecule has 3 amide bonds. The highest BCUT2D eigenvalue weighted by Crippen LogP contribution is 2.32. The van der Waals surface area contributed by atoms with E-state index in [1.165, 1.54) is 12.1 Å². The highest BCUT2D eigenvalue weighted by molar-refractivity contribution is 5.97. The van der Waals surface area contributed by atoms with Crippen molar-refractivity contribution in [3.63, 3.8) is 0 Å². The van der Waals surface area contributed by atoms with Gasteiger partial charge >= 0.3 is 6.03 Å². The summed E-state index contributed by atoms with van der Waals surface area (Å²) < 4.78 is 28.2. The molecular weight excluding hydrogens is 340 g/mol. The van der Waals surface area contributed by atoms with Crippen LogP contribution in [0.2, 0.25) is 0 Å². The summed E-state index contributed by atoms with van der Waals surface area (Å²) in [5.74, 6) is -1.59. The predicted octanol–water partition coefficient (Wildman–Crippen LogP) is 3.37. The number of anilines is 1. The normalized spacial score (nSPS) is 17.1. The first kappa shape index (κ1) is 17.8. The van der Waals surface area contributed by atoms with Gasteiger partial charge in [0.15, 0.2) is 0 Å². The molecule has 0 aliphatic carbocycles. The van der Waals surface area contributed by atoms with Gasteiger partial charge in [0.05, 0.1) is 11.3 Å². The number of urea groups is 1. The number of rotatable bonds is 3. The highest BCUT2D eigenvalue weighted by Gasteiger charge is 2.27. The summed E-state index contributed by atoms with van der Waals surface area (Å²) in [7, 11) is 1.68. The number of para-hydroxylation sites is 1. The molecule has 1 saturated heterocycles. The number of piperidine rings is 1. The van der Waals surface area contributed by atoms with Gasteiger partial charge in [-0.05, 0) is 31.0 Å². The van der Waals surface area contributed by atoms with Crippen LogP contribution in [0.1, 0.15) is 12.8 Å². The minimum absolute atomic E-state index is 0.153. The summed E-state index contributed by atoms with van der Waals surface area (Å²) in [6.07, 6.45) is 1.35. The van der Waals surface area contributed by atoms with E-state index in [-0.39, 0.29) is 22.7 Å². The Hall–Kier alpha value is -2.96. The monoisotopic (exact) mass is 359 g/mol. The smallest absolute Gasteiger partial charge is 0.319 e. The second-order valence-electron chi connectivity index (χ2n) is 6.20. The second kappa shape index (κ2) is 7.51. The number of carbonyl (C=O) groups excluding carboxylic acids is 2. The van der Waals surface area contributed by atoms with E-state index in [0.29, 0.717) is 13.0 Å². The van der Waals surface area contributed by atoms with Crippen LogP contribution in [-0.2, 0) is 4.79 Å². The SMILES string of the molecule is CN1CCCC(NC(=O)Nc2ccccc2-c2c(F)cccc2F)C1=O. The number of hydrogen-bond acceptors (Lipinski definition) is 2. The number of nitrogens with one attached hydrogen (secondary N) is 2. The maximum Gasteiger partial charge on any atom is 0.319 e. The molecule has 2 aromatic rings. The maximum atomic E-state index is 14.1. The molecule has 0 aromatic heterocycles. The number of likely N-dealkylation sites (tertiary alicyclic amines) is 1. The Morgan fingerprint density at radius 2 is 1.81 bits per heavy atom. The van der Waals surface area contributed by atoms with Crippen molar-refractivity contribution in [1.82, 2.24) is 10.2 Å². The third kappa shape index (κ3) is 3.66. The number of hydrogen-bond donors (Lipinski definition) is 2. The second-order valence-corrected chi connectivity index (χ2v) is 6.20. The Bertz CT molecular complexity index is 821. The Balaban J connectivity index is 1.81. The Labute approximate surface area is 150 Å². The van der Waals surface area contributed by atoms with Gasteiger partial charge in [0.2, 0.25) is 5.91 Å². The molecule has 2 aromatic carbocycles. The molecule has 1 aliphatic rings. The summed E-state index contributed by atoms with van der Waals surface area (Å²) >= 11 is 0. The number of likely N-dealkylation sites (N-methyl/N-ethyl adjacent to an activating group) is 1. The van der Waals surface area contributed by atoms with Crippen LogP contribution in [0.5, 0.6) is 0 Å². The van der Waals surface area contributed by atoms with Crippen molar-refractivity contribution in [2.75, 3.05) is 18.9 Å². The molecule has 1 fully saturated rings. The molecule has 0 bridgehead atoms. The molecule has 2 N–H and O–H groups in total. The van der Waals surface area contributed by atoms with Crippen LogP contribution in [0.15, 0.2) is 42.5 Å². The minimum atomic E-state index is -0.719. The molecule has 136 valence electrons. The zero-order valence-corrected chi connectivity index (χ0v) is 14.3. The molecule has 0 radical (unpaired) electrons. The lowest BCUT2D eigenvalue weighted by molar-refractivity contribution is -0.134. The largest absolute Gasteiger partial charge is 0.344 e. The number of nitrogens with zero attached hydrogens (tertiary/aromatic N) is 1. The van der Waals surface area contributed by atoms with E-state index in [9.17, 15) is 18.4 Å². The van der Waals surface area contributed by atoms with E-state index < -0.39 is 23.7 Å². The molecule has 1 unspecified atom stereocenters. The molecule has 3 rings (SSSR count). The van der Waals surface area contributed by atoms with E-state index >= 15 is 0 Å². The van der Waals surface area contributed by atoms with E-state index in [4.69, 9.17) is 0 Å². The van der Waals surface area contributed by atoms with Crippen molar-refractivity contribution in [2.45, 2.75) is 18.9 Å². The number of halogens is 2. The molecule has 7 heteroatoms. The summed E-state index contributed by atoms with van der Waals surface area (Å²) in [5, 5.41) is 5.22. The molecule has 0 spiro atoms. The fourth-order valence-corrected chi connectivity index (χ4v) is 3.05. The lowest BCUT2D eigenvalue weighted by Crippen LogP contribution is -2.51. The fourth-order valence-electron chi connectivity index (χ4n) is 3.05. The van der Waals surface area contributed by atoms with Crippen molar-refractivity contribution in [3.8, 4) is 11.1 Å². The van der Waals surface area contributed by atoms with E-state index in [1.807, 2.05) is 0 Å². The average Bonchev–Trinajstić information content (AvgIpc) is 2.60. The van der Waals surface area contributed by atoms with E-state index in [2.05, 4.69) is 10.6 Å². The van der Waals surface area contributed by atoms with Gasteiger partial charge in [0.1, 0.15) is 17.7 Å². The highest BCUT2D eigenvalue weighted by atomic mass is 19.1. The van der Waals surface area contributed by atoms with E-state index in [1.54, 1.807) is 30.1 Å². The molecule has 0 saturated carbocycles. The van der Waals surface area contributed by atoms with Gasteiger partial charge in [-0.1, -0.05) is 24.3 Å². The van der Waals surface area contributed by atoms with Gasteiger partial charge in [-0.3, -0.25) is 4.79 Å². The van der Waals surface area contributed by atoms with Crippen LogP contribution in [-0.4, -0.2) is 36.5 Å². The van der Waals surface area contributed by atoms with Crippen molar-refractivity contribution in [3.05, 3.63) is 54.1 Å². The molecule has 5 nitrogen and oxygen atoms in total. The van der Waals surface area contributed by atoms with Crippen molar-refractivity contribution in [2.24, 2.45) is 0 Å². The van der Waals surface area contributed by atoms with Gasteiger partial charge in [0, 0.05) is 19.2 Å². The lowest BCUT2D eigenvalue weighted by atomic mass is 10.0. The van der Waals surface area contributed by atoms with Crippen LogP contribution >= 0.6 is 0 Å². The van der Waals surface area contributed by atoms with Crippen LogP contribution in [0, 0.1) is 11.6 Å². The zero-order chi connectivity index (χ0) is 18.7. The summed E-state index contributed by atoms with van der Waals surface area (Å²) in [4.78, 5) is 25.9. The van der Waals surface area contributed by atoms with Crippen LogP contribution in [0.3, 0.4) is 0 Å². The average molecular weight is 359 g/mol. The number of carbonyl (C=O) groups is 2. The Kier molecular flexibility index (Phi) is 5.16. The Morgan fingerprint density at radius 1 is 1.12 bits per heavy atom. The first-order chi connectivity index (χ1) is 12.5. The fraction of sp³-hybridized carbons (Fsp3) is 0.263. The topological polar surface area (TPSA) is 61.4 Å². The minimum Gasteiger partial charge on any atom is -0.344 e. The van der Waals surface area contributed by atoms with Gasteiger partial charge < -0.3 is 15.5 Å². The predicted molar refractivity (Wildman–Crippen MR) is 94.6 cm³/mol. The molecular formula is C19H19F2N3O2. The van der Waals surface area contributed by atoms with Crippen LogP contribution < -0.4 is 10.6 Å². The quantitative estimate of drug-likeness (QED) is 0.883. The first-order valence-corrected chi connectivity index (χ1v) is 8.33. The van der Waals surface area contributed by atoms with Crippen LogP contribution in [0.4, 0.5) is 19.3 Å². The molecule has 1 aliphatic heterocycles. The van der Waals surface area contributed by atoms with Crippen LogP contribution in [0.25, 0.3) is 11.1 Å². The van der Waals surface area contributed by atoms with Gasteiger partial charge in [-0.2, -0.15) is 0 Å². The first-order valence-electron chi connectivity index (χ1n) is 8.33. The standard InChI is InChI=1S/C19H19F2N3O2/c1-24-11-5-10-16(18(24)25)23-19(26)22-15-9-3-2-6-12(15)17-13(20)7-4-8-14(17)21/h2-4,6-9,16H,5,10-11H2,1H3,(H2,22,23,26). The van der Waals surface area contributed by atoms with Crippen molar-refractivity contribution >= 4 is 17.6 Å². The zero-order valence-electron chi connectivity index (χ0n) is 14.3. The molecule has 1 heterocycles. The number of amides is 3. The maximum absolute atomic E-state index is 14.1. The van der Waals surface area contributed by atoms with Gasteiger partial charge in [-0.25, -0.2) is 13.6 Å². The third-order valence-corrected chi connectivity index (χ3v) is 4.37. The summed E-state index contributed by atoms with van der Waals surface area (Å²) in [6.45, 7) is 0.661. The Morgan fingerprint density at radius 3 is 2.54 bits per heavy atom. The van der Waals surface area contributed by atoms with E-state index in [0.717, 1.165) is 18.6 Å². The summed E-state index contributed by atoms with van der Waals surface area (Å²) in [5.41, 5.74) is 0.271. The third-order valence-electron chi connectivity index (χ3n) is 4.37. The number of benzene rings is 2. The van der Waals surface area contributed by atoms with Gasteiger partial charge in [-0.15, -0.1) is 0 Å². The van der Waals surface area contributed by atoms with Crippen molar-refractivity contribution in [1.29, 1.82) is 0 Å². The summed E-state index contributed by atoms with van der Waals surface area (Å²) in [6, 6.07) is 8.75. The van der Waals surface area contributed by atoms with Crippen molar-refractivity contribution < 1.29 is 18.4 Å². The lowest BCUT2D eigenvalue weighted by Gasteiger charge is -2.29. The molecule has 26 heavy (non-hydrogen) atoms. The molecule has 1 atom stereocenters. The van der Waals surface area contributed by atoms with Gasteiger partial charge in [0.25, 0.3) is 0 Å².